The van der Waals surface area contributed by atoms with Crippen molar-refractivity contribution in [3.8, 4) is 0 Å². The molecule has 0 heterocycles. The van der Waals surface area contributed by atoms with E-state index in [2.05, 4.69) is 13.8 Å². The minimum atomic E-state index is 0.415. The van der Waals surface area contributed by atoms with Crippen molar-refractivity contribution in [1.82, 2.24) is 0 Å². The summed E-state index contributed by atoms with van der Waals surface area (Å²) in [6.07, 6.45) is 27.2. The molecule has 2 fully saturated rings. The lowest BCUT2D eigenvalue weighted by Crippen LogP contribution is -2.31. The molecule has 0 aromatic carbocycles. The SMILES string of the molecule is CCCCCCCC1CCC(C(CCO)C2CCC(CCCCC)CC2)CC1. The van der Waals surface area contributed by atoms with Gasteiger partial charge >= 0.3 is 0 Å². The summed E-state index contributed by atoms with van der Waals surface area (Å²) >= 11 is 0. The first-order valence-corrected chi connectivity index (χ1v) is 13.4. The summed E-state index contributed by atoms with van der Waals surface area (Å²) in [6, 6.07) is 0. The van der Waals surface area contributed by atoms with Crippen molar-refractivity contribution >= 4 is 0 Å². The molecule has 0 aromatic rings. The Kier molecular flexibility index (Phi) is 12.9. The lowest BCUT2D eigenvalue weighted by atomic mass is 9.65. The molecule has 2 aliphatic carbocycles. The molecular weight excluding hydrogens is 340 g/mol. The van der Waals surface area contributed by atoms with Crippen molar-refractivity contribution in [3.05, 3.63) is 0 Å². The van der Waals surface area contributed by atoms with Gasteiger partial charge in [-0.25, -0.2) is 0 Å². The van der Waals surface area contributed by atoms with Crippen LogP contribution in [0.5, 0.6) is 0 Å². The molecule has 2 saturated carbocycles. The molecule has 0 aliphatic heterocycles. The lowest BCUT2D eigenvalue weighted by Gasteiger charge is -2.41. The second-order valence-corrected chi connectivity index (χ2v) is 10.4. The third kappa shape index (κ3) is 8.76. The van der Waals surface area contributed by atoms with Gasteiger partial charge in [0.2, 0.25) is 0 Å². The smallest absolute Gasteiger partial charge is 0.0433 e. The highest BCUT2D eigenvalue weighted by Crippen LogP contribution is 2.45. The van der Waals surface area contributed by atoms with Crippen molar-refractivity contribution in [3.63, 3.8) is 0 Å². The molecule has 1 atom stereocenters. The van der Waals surface area contributed by atoms with Crippen LogP contribution in [0.15, 0.2) is 0 Å². The Balaban J connectivity index is 1.68. The van der Waals surface area contributed by atoms with Gasteiger partial charge in [0.25, 0.3) is 0 Å². The van der Waals surface area contributed by atoms with Crippen molar-refractivity contribution in [2.24, 2.45) is 29.6 Å². The van der Waals surface area contributed by atoms with Crippen LogP contribution in [0.4, 0.5) is 0 Å². The predicted octanol–water partition coefficient (Wildman–Crippen LogP) is 8.54. The quantitative estimate of drug-likeness (QED) is 0.294. The molecule has 0 radical (unpaired) electrons. The zero-order chi connectivity index (χ0) is 20.0. The standard InChI is InChI=1S/C27H52O/c1-3-5-7-8-10-12-24-15-19-26(20-16-24)27(21-22-28)25-17-13-23(14-18-25)11-9-6-4-2/h23-28H,3-22H2,1-2H3. The second-order valence-electron chi connectivity index (χ2n) is 10.4. The second kappa shape index (κ2) is 14.9. The maximum Gasteiger partial charge on any atom is 0.0433 e. The molecule has 1 unspecified atom stereocenters. The highest BCUT2D eigenvalue weighted by atomic mass is 16.3. The molecule has 166 valence electrons. The van der Waals surface area contributed by atoms with Crippen LogP contribution < -0.4 is 0 Å². The van der Waals surface area contributed by atoms with E-state index in [4.69, 9.17) is 0 Å². The molecule has 0 aromatic heterocycles. The monoisotopic (exact) mass is 392 g/mol. The molecule has 2 aliphatic rings. The average molecular weight is 393 g/mol. The summed E-state index contributed by atoms with van der Waals surface area (Å²) in [5.74, 6) is 4.70. The van der Waals surface area contributed by atoms with Gasteiger partial charge in [-0.3, -0.25) is 0 Å². The normalized spacial score (nSPS) is 29.7. The number of aliphatic hydroxyl groups is 1. The Bertz CT molecular complexity index is 349. The first-order valence-electron chi connectivity index (χ1n) is 13.4. The number of aliphatic hydroxyl groups excluding tert-OH is 1. The molecular formula is C27H52O. The lowest BCUT2D eigenvalue weighted by molar-refractivity contribution is 0.0854. The van der Waals surface area contributed by atoms with E-state index in [1.807, 2.05) is 0 Å². The van der Waals surface area contributed by atoms with Crippen LogP contribution in [0, 0.1) is 29.6 Å². The summed E-state index contributed by atoms with van der Waals surface area (Å²) in [5, 5.41) is 9.73. The Morgan fingerprint density at radius 2 is 1.04 bits per heavy atom. The van der Waals surface area contributed by atoms with Crippen LogP contribution in [-0.2, 0) is 0 Å². The van der Waals surface area contributed by atoms with Gasteiger partial charge in [0.1, 0.15) is 0 Å². The van der Waals surface area contributed by atoms with Crippen molar-refractivity contribution in [2.45, 2.75) is 136 Å². The van der Waals surface area contributed by atoms with Crippen LogP contribution in [0.2, 0.25) is 0 Å². The van der Waals surface area contributed by atoms with Crippen molar-refractivity contribution in [2.75, 3.05) is 6.61 Å². The Hall–Kier alpha value is -0.0400. The molecule has 28 heavy (non-hydrogen) atoms. The molecule has 0 spiro atoms. The van der Waals surface area contributed by atoms with Crippen LogP contribution in [0.1, 0.15) is 136 Å². The summed E-state index contributed by atoms with van der Waals surface area (Å²) in [7, 11) is 0. The first-order chi connectivity index (χ1) is 13.8. The largest absolute Gasteiger partial charge is 0.396 e. The van der Waals surface area contributed by atoms with Crippen LogP contribution >= 0.6 is 0 Å². The molecule has 1 nitrogen and oxygen atoms in total. The van der Waals surface area contributed by atoms with E-state index in [1.165, 1.54) is 116 Å². The maximum absolute atomic E-state index is 9.73. The number of rotatable bonds is 14. The minimum absolute atomic E-state index is 0.415. The summed E-state index contributed by atoms with van der Waals surface area (Å²) in [4.78, 5) is 0. The topological polar surface area (TPSA) is 20.2 Å². The van der Waals surface area contributed by atoms with Gasteiger partial charge in [0.05, 0.1) is 0 Å². The van der Waals surface area contributed by atoms with E-state index >= 15 is 0 Å². The fraction of sp³-hybridized carbons (Fsp3) is 1.00. The zero-order valence-corrected chi connectivity index (χ0v) is 19.5. The summed E-state index contributed by atoms with van der Waals surface area (Å²) in [5.41, 5.74) is 0. The van der Waals surface area contributed by atoms with Gasteiger partial charge in [-0.15, -0.1) is 0 Å². The van der Waals surface area contributed by atoms with Crippen molar-refractivity contribution in [1.29, 1.82) is 0 Å². The van der Waals surface area contributed by atoms with E-state index in [9.17, 15) is 5.11 Å². The van der Waals surface area contributed by atoms with Gasteiger partial charge in [0.15, 0.2) is 0 Å². The fourth-order valence-electron chi connectivity index (χ4n) is 6.54. The number of hydrogen-bond acceptors (Lipinski definition) is 1. The summed E-state index contributed by atoms with van der Waals surface area (Å²) in [6.45, 7) is 5.04. The van der Waals surface area contributed by atoms with Crippen LogP contribution in [-0.4, -0.2) is 11.7 Å². The van der Waals surface area contributed by atoms with E-state index in [0.29, 0.717) is 6.61 Å². The number of unbranched alkanes of at least 4 members (excludes halogenated alkanes) is 6. The molecule has 1 N–H and O–H groups in total. The zero-order valence-electron chi connectivity index (χ0n) is 19.5. The molecule has 0 bridgehead atoms. The molecule has 0 saturated heterocycles. The first kappa shape index (κ1) is 24.2. The third-order valence-corrected chi connectivity index (χ3v) is 8.39. The van der Waals surface area contributed by atoms with E-state index in [-0.39, 0.29) is 0 Å². The fourth-order valence-corrected chi connectivity index (χ4v) is 6.54. The Morgan fingerprint density at radius 3 is 1.50 bits per heavy atom. The average Bonchev–Trinajstić information content (AvgIpc) is 2.73. The molecule has 1 heteroatoms. The van der Waals surface area contributed by atoms with Gasteiger partial charge in [-0.1, -0.05) is 104 Å². The molecule has 2 rings (SSSR count). The van der Waals surface area contributed by atoms with Gasteiger partial charge in [0, 0.05) is 6.61 Å². The Morgan fingerprint density at radius 1 is 0.607 bits per heavy atom. The number of hydrogen-bond donors (Lipinski definition) is 1. The highest BCUT2D eigenvalue weighted by Gasteiger charge is 2.34. The minimum Gasteiger partial charge on any atom is -0.396 e. The van der Waals surface area contributed by atoms with Crippen molar-refractivity contribution < 1.29 is 5.11 Å². The van der Waals surface area contributed by atoms with Gasteiger partial charge < -0.3 is 5.11 Å². The predicted molar refractivity (Wildman–Crippen MR) is 124 cm³/mol. The van der Waals surface area contributed by atoms with Gasteiger partial charge in [-0.2, -0.15) is 0 Å². The highest BCUT2D eigenvalue weighted by molar-refractivity contribution is 4.85. The van der Waals surface area contributed by atoms with Gasteiger partial charge in [-0.05, 0) is 61.7 Å². The Labute approximate surface area is 177 Å². The maximum atomic E-state index is 9.73. The van der Waals surface area contributed by atoms with E-state index in [1.54, 1.807) is 0 Å². The summed E-state index contributed by atoms with van der Waals surface area (Å²) < 4.78 is 0. The van der Waals surface area contributed by atoms with E-state index in [0.717, 1.165) is 36.0 Å². The molecule has 0 amide bonds. The van der Waals surface area contributed by atoms with Crippen LogP contribution in [0.3, 0.4) is 0 Å². The van der Waals surface area contributed by atoms with E-state index < -0.39 is 0 Å². The third-order valence-electron chi connectivity index (χ3n) is 8.39. The van der Waals surface area contributed by atoms with Crippen LogP contribution in [0.25, 0.3) is 0 Å².